The van der Waals surface area contributed by atoms with Gasteiger partial charge in [-0.1, -0.05) is 0 Å². The van der Waals surface area contributed by atoms with E-state index in [0.29, 0.717) is 18.4 Å². The molecule has 1 saturated carbocycles. The Morgan fingerprint density at radius 1 is 1.37 bits per heavy atom. The highest BCUT2D eigenvalue weighted by atomic mass is 32.1. The molecule has 1 N–H and O–H groups in total. The number of urea groups is 1. The molecule has 2 fully saturated rings. The van der Waals surface area contributed by atoms with E-state index < -0.39 is 0 Å². The van der Waals surface area contributed by atoms with Gasteiger partial charge in [-0.15, -0.1) is 0 Å². The van der Waals surface area contributed by atoms with Crippen molar-refractivity contribution in [3.63, 3.8) is 0 Å². The topological polar surface area (TPSA) is 70.5 Å². The minimum atomic E-state index is -0.0950. The zero-order chi connectivity index (χ0) is 19.0. The number of nitrogens with one attached hydrogen (secondary N) is 1. The third-order valence-corrected chi connectivity index (χ3v) is 6.59. The minimum Gasteiger partial charge on any atom is -0.335 e. The van der Waals surface area contributed by atoms with E-state index in [4.69, 9.17) is 0 Å². The fourth-order valence-electron chi connectivity index (χ4n) is 4.15. The van der Waals surface area contributed by atoms with Crippen LogP contribution in [0.2, 0.25) is 0 Å². The van der Waals surface area contributed by atoms with E-state index in [1.54, 1.807) is 35.2 Å². The summed E-state index contributed by atoms with van der Waals surface area (Å²) in [5.41, 5.74) is 1.38. The first-order valence-electron chi connectivity index (χ1n) is 9.31. The predicted octanol–water partition coefficient (Wildman–Crippen LogP) is 2.92. The van der Waals surface area contributed by atoms with Crippen molar-refractivity contribution < 1.29 is 9.59 Å². The summed E-state index contributed by atoms with van der Waals surface area (Å²) in [4.78, 5) is 28.5. The van der Waals surface area contributed by atoms with Crippen LogP contribution in [-0.2, 0) is 18.4 Å². The lowest BCUT2D eigenvalue weighted by molar-refractivity contribution is -0.130. The van der Waals surface area contributed by atoms with Crippen molar-refractivity contribution in [3.8, 4) is 0 Å². The molecule has 1 aliphatic heterocycles. The summed E-state index contributed by atoms with van der Waals surface area (Å²) >= 11 is 1.66. The number of amides is 3. The van der Waals surface area contributed by atoms with E-state index >= 15 is 0 Å². The largest absolute Gasteiger partial charge is 0.335 e. The quantitative estimate of drug-likeness (QED) is 0.877. The number of likely N-dealkylation sites (tertiary alicyclic amines) is 1. The van der Waals surface area contributed by atoms with Gasteiger partial charge in [-0.05, 0) is 47.1 Å². The third-order valence-electron chi connectivity index (χ3n) is 5.86. The van der Waals surface area contributed by atoms with E-state index in [1.165, 1.54) is 5.56 Å². The number of nitrogens with zero attached hydrogens (tertiary/aromatic N) is 4. The Morgan fingerprint density at radius 3 is 2.74 bits per heavy atom. The van der Waals surface area contributed by atoms with Crippen molar-refractivity contribution in [1.82, 2.24) is 19.6 Å². The van der Waals surface area contributed by atoms with Gasteiger partial charge in [0, 0.05) is 51.9 Å². The Morgan fingerprint density at radius 2 is 2.15 bits per heavy atom. The van der Waals surface area contributed by atoms with Gasteiger partial charge in [0.25, 0.3) is 0 Å². The van der Waals surface area contributed by atoms with Crippen molar-refractivity contribution in [3.05, 3.63) is 34.7 Å². The van der Waals surface area contributed by atoms with Crippen molar-refractivity contribution in [2.24, 2.45) is 12.5 Å². The standard InChI is InChI=1S/C19H25N5O2S/c1-14(25)24(12-15-4-10-27-13-15)16-11-19(16)5-8-23(9-6-19)18(26)20-17-3-7-22(2)21-17/h3-4,7,10,13,16H,5-6,8-9,11-12H2,1-2H3,(H,20,21,26)/t16-/m1/s1. The first-order valence-corrected chi connectivity index (χ1v) is 10.2. The van der Waals surface area contributed by atoms with Crippen LogP contribution >= 0.6 is 11.3 Å². The van der Waals surface area contributed by atoms with Crippen molar-refractivity contribution >= 4 is 29.1 Å². The maximum Gasteiger partial charge on any atom is 0.323 e. The second-order valence-electron chi connectivity index (χ2n) is 7.65. The van der Waals surface area contributed by atoms with Crippen LogP contribution in [0.25, 0.3) is 0 Å². The molecule has 3 amide bonds. The van der Waals surface area contributed by atoms with Crippen LogP contribution in [0.5, 0.6) is 0 Å². The lowest BCUT2D eigenvalue weighted by atomic mass is 9.92. The fourth-order valence-corrected chi connectivity index (χ4v) is 4.81. The third kappa shape index (κ3) is 3.71. The Labute approximate surface area is 162 Å². The van der Waals surface area contributed by atoms with Crippen molar-refractivity contribution in [2.75, 3.05) is 18.4 Å². The van der Waals surface area contributed by atoms with E-state index in [0.717, 1.165) is 32.4 Å². The van der Waals surface area contributed by atoms with Gasteiger partial charge in [0.05, 0.1) is 0 Å². The smallest absolute Gasteiger partial charge is 0.323 e. The zero-order valence-electron chi connectivity index (χ0n) is 15.7. The number of hydrogen-bond acceptors (Lipinski definition) is 4. The predicted molar refractivity (Wildman–Crippen MR) is 104 cm³/mol. The number of hydrogen-bond donors (Lipinski definition) is 1. The second kappa shape index (κ2) is 6.99. The van der Waals surface area contributed by atoms with Crippen LogP contribution < -0.4 is 5.32 Å². The van der Waals surface area contributed by atoms with E-state index in [2.05, 4.69) is 27.2 Å². The number of carbonyl (C=O) groups is 2. The number of piperidine rings is 1. The molecule has 1 saturated heterocycles. The van der Waals surface area contributed by atoms with Crippen LogP contribution in [-0.4, -0.2) is 50.6 Å². The molecule has 1 atom stereocenters. The van der Waals surface area contributed by atoms with E-state index in [-0.39, 0.29) is 17.4 Å². The zero-order valence-corrected chi connectivity index (χ0v) is 16.5. The van der Waals surface area contributed by atoms with Crippen LogP contribution in [0.4, 0.5) is 10.6 Å². The van der Waals surface area contributed by atoms with Gasteiger partial charge in [-0.3, -0.25) is 14.8 Å². The average Bonchev–Trinajstić information content (AvgIpc) is 3.00. The van der Waals surface area contributed by atoms with Gasteiger partial charge in [-0.2, -0.15) is 16.4 Å². The summed E-state index contributed by atoms with van der Waals surface area (Å²) < 4.78 is 1.67. The van der Waals surface area contributed by atoms with Gasteiger partial charge in [0.1, 0.15) is 0 Å². The monoisotopic (exact) mass is 387 g/mol. The number of aromatic nitrogens is 2. The van der Waals surface area contributed by atoms with Crippen LogP contribution in [0, 0.1) is 5.41 Å². The maximum atomic E-state index is 12.4. The van der Waals surface area contributed by atoms with Gasteiger partial charge in [-0.25, -0.2) is 4.79 Å². The number of carbonyl (C=O) groups excluding carboxylic acids is 2. The molecule has 8 heteroatoms. The van der Waals surface area contributed by atoms with E-state index in [1.807, 2.05) is 16.8 Å². The molecule has 27 heavy (non-hydrogen) atoms. The average molecular weight is 388 g/mol. The summed E-state index contributed by atoms with van der Waals surface area (Å²) in [7, 11) is 1.82. The van der Waals surface area contributed by atoms with Crippen LogP contribution in [0.1, 0.15) is 31.7 Å². The van der Waals surface area contributed by atoms with Crippen LogP contribution in [0.15, 0.2) is 29.1 Å². The van der Waals surface area contributed by atoms with Gasteiger partial charge >= 0.3 is 6.03 Å². The normalized spacial score (nSPS) is 20.5. The molecule has 1 spiro atoms. The Bertz CT molecular complexity index is 823. The molecule has 0 radical (unpaired) electrons. The number of aryl methyl sites for hydroxylation is 1. The summed E-state index contributed by atoms with van der Waals surface area (Å²) in [6.45, 7) is 3.79. The lowest BCUT2D eigenvalue weighted by Crippen LogP contribution is -2.44. The molecule has 2 aromatic rings. The molecule has 1 aliphatic carbocycles. The fraction of sp³-hybridized carbons (Fsp3) is 0.526. The highest BCUT2D eigenvalue weighted by Gasteiger charge is 2.58. The molecule has 0 bridgehead atoms. The number of anilines is 1. The minimum absolute atomic E-state index is 0.0950. The summed E-state index contributed by atoms with van der Waals surface area (Å²) in [6, 6.07) is 4.08. The molecule has 144 valence electrons. The molecule has 4 rings (SSSR count). The van der Waals surface area contributed by atoms with Crippen LogP contribution in [0.3, 0.4) is 0 Å². The highest BCUT2D eigenvalue weighted by molar-refractivity contribution is 7.07. The molecule has 2 aromatic heterocycles. The molecule has 0 unspecified atom stereocenters. The Balaban J connectivity index is 1.33. The Kier molecular flexibility index (Phi) is 4.67. The SMILES string of the molecule is CC(=O)N(Cc1ccsc1)[C@@H]1CC12CCN(C(=O)Nc1ccn(C)n1)CC2. The molecule has 3 heterocycles. The van der Waals surface area contributed by atoms with Gasteiger partial charge in [0.15, 0.2) is 5.82 Å². The molecule has 0 aromatic carbocycles. The van der Waals surface area contributed by atoms with Gasteiger partial charge in [0.2, 0.25) is 5.91 Å². The molecular formula is C19H25N5O2S. The second-order valence-corrected chi connectivity index (χ2v) is 8.43. The first-order chi connectivity index (χ1) is 13.0. The van der Waals surface area contributed by atoms with Crippen molar-refractivity contribution in [2.45, 2.75) is 38.8 Å². The molecule has 7 nitrogen and oxygen atoms in total. The summed E-state index contributed by atoms with van der Waals surface area (Å²) in [6.07, 6.45) is 4.74. The van der Waals surface area contributed by atoms with Gasteiger partial charge < -0.3 is 9.80 Å². The lowest BCUT2D eigenvalue weighted by Gasteiger charge is -2.34. The molecule has 2 aliphatic rings. The highest BCUT2D eigenvalue weighted by Crippen LogP contribution is 2.57. The Hall–Kier alpha value is -2.35. The molecular weight excluding hydrogens is 362 g/mol. The summed E-state index contributed by atoms with van der Waals surface area (Å²) in [5, 5.41) is 11.2. The first kappa shape index (κ1) is 18.0. The number of rotatable bonds is 4. The number of thiophene rings is 1. The van der Waals surface area contributed by atoms with Crippen molar-refractivity contribution in [1.29, 1.82) is 0 Å². The van der Waals surface area contributed by atoms with E-state index in [9.17, 15) is 9.59 Å². The summed E-state index contributed by atoms with van der Waals surface area (Å²) in [5.74, 6) is 0.712. The maximum absolute atomic E-state index is 12.4.